The van der Waals surface area contributed by atoms with Crippen molar-refractivity contribution in [1.82, 2.24) is 19.7 Å². The number of likely N-dealkylation sites (tertiary alicyclic amines) is 1. The Morgan fingerprint density at radius 3 is 2.63 bits per heavy atom. The first-order valence-corrected chi connectivity index (χ1v) is 11.3. The van der Waals surface area contributed by atoms with Crippen molar-refractivity contribution in [2.75, 3.05) is 18.4 Å². The van der Waals surface area contributed by atoms with Crippen LogP contribution in [0.1, 0.15) is 25.6 Å². The van der Waals surface area contributed by atoms with Crippen LogP contribution in [-0.2, 0) is 11.3 Å². The van der Waals surface area contributed by atoms with Crippen molar-refractivity contribution in [3.63, 3.8) is 0 Å². The lowest BCUT2D eigenvalue weighted by Gasteiger charge is -2.17. The highest BCUT2D eigenvalue weighted by Gasteiger charge is 2.23. The average molecular weight is 442 g/mol. The Kier molecular flexibility index (Phi) is 6.72. The maximum absolute atomic E-state index is 12.7. The van der Waals surface area contributed by atoms with Gasteiger partial charge in [0.15, 0.2) is 11.0 Å². The minimum absolute atomic E-state index is 0.106. The van der Waals surface area contributed by atoms with Gasteiger partial charge in [0.2, 0.25) is 5.91 Å². The van der Waals surface area contributed by atoms with Gasteiger partial charge in [-0.25, -0.2) is 0 Å². The van der Waals surface area contributed by atoms with Crippen molar-refractivity contribution in [2.45, 2.75) is 36.7 Å². The molecule has 0 spiro atoms. The Labute approximate surface area is 185 Å². The Balaban J connectivity index is 1.54. The van der Waals surface area contributed by atoms with Crippen LogP contribution in [0.15, 0.2) is 59.8 Å². The molecule has 0 aliphatic carbocycles. The largest absolute Gasteiger partial charge is 0.325 e. The topological polar surface area (TPSA) is 63.1 Å². The van der Waals surface area contributed by atoms with Crippen LogP contribution in [0, 0.1) is 0 Å². The zero-order valence-electron chi connectivity index (χ0n) is 16.8. The van der Waals surface area contributed by atoms with Crippen molar-refractivity contribution < 1.29 is 4.79 Å². The maximum Gasteiger partial charge on any atom is 0.237 e. The lowest BCUT2D eigenvalue weighted by atomic mass is 10.3. The van der Waals surface area contributed by atoms with Crippen LogP contribution >= 0.6 is 23.4 Å². The number of halogens is 1. The van der Waals surface area contributed by atoms with Crippen LogP contribution in [0.5, 0.6) is 0 Å². The fourth-order valence-electron chi connectivity index (χ4n) is 3.48. The molecule has 2 heterocycles. The van der Waals surface area contributed by atoms with Crippen LogP contribution in [0.25, 0.3) is 5.69 Å². The predicted molar refractivity (Wildman–Crippen MR) is 121 cm³/mol. The van der Waals surface area contributed by atoms with Crippen LogP contribution < -0.4 is 5.32 Å². The second-order valence-electron chi connectivity index (χ2n) is 7.31. The molecule has 1 atom stereocenters. The molecule has 156 valence electrons. The van der Waals surface area contributed by atoms with Gasteiger partial charge in [0.1, 0.15) is 0 Å². The molecule has 0 bridgehead atoms. The summed E-state index contributed by atoms with van der Waals surface area (Å²) in [5.41, 5.74) is 1.68. The van der Waals surface area contributed by atoms with Crippen LogP contribution in [0.3, 0.4) is 0 Å². The van der Waals surface area contributed by atoms with Crippen molar-refractivity contribution >= 4 is 35.0 Å². The first kappa shape index (κ1) is 20.9. The highest BCUT2D eigenvalue weighted by atomic mass is 35.5. The zero-order valence-corrected chi connectivity index (χ0v) is 18.4. The number of hydrogen-bond acceptors (Lipinski definition) is 5. The molecule has 4 rings (SSSR count). The summed E-state index contributed by atoms with van der Waals surface area (Å²) in [6, 6.07) is 17.2. The lowest BCUT2D eigenvalue weighted by Crippen LogP contribution is -2.23. The molecular formula is C22H24ClN5OS. The number of benzene rings is 2. The molecule has 1 aliphatic heterocycles. The van der Waals surface area contributed by atoms with E-state index >= 15 is 0 Å². The molecule has 6 nitrogen and oxygen atoms in total. The third-order valence-corrected chi connectivity index (χ3v) is 6.30. The number of para-hydroxylation sites is 1. The molecule has 0 radical (unpaired) electrons. The minimum Gasteiger partial charge on any atom is -0.325 e. The minimum atomic E-state index is -0.352. The Morgan fingerprint density at radius 2 is 1.90 bits per heavy atom. The molecule has 1 N–H and O–H groups in total. The van der Waals surface area contributed by atoms with Gasteiger partial charge in [-0.15, -0.1) is 10.2 Å². The van der Waals surface area contributed by atoms with Gasteiger partial charge in [0.25, 0.3) is 0 Å². The third-order valence-electron chi connectivity index (χ3n) is 5.02. The number of nitrogens with one attached hydrogen (secondary N) is 1. The molecule has 8 heteroatoms. The van der Waals surface area contributed by atoms with E-state index in [9.17, 15) is 4.79 Å². The summed E-state index contributed by atoms with van der Waals surface area (Å²) >= 11 is 7.42. The average Bonchev–Trinajstić information content (AvgIpc) is 3.39. The number of thioether (sulfide) groups is 1. The second kappa shape index (κ2) is 9.64. The molecule has 1 aromatic heterocycles. The Morgan fingerprint density at radius 1 is 1.13 bits per heavy atom. The van der Waals surface area contributed by atoms with E-state index in [1.807, 2.05) is 49.4 Å². The standard InChI is InChI=1S/C22H24ClN5OS/c1-16(21(29)24-18-9-7-8-17(23)14-18)30-22-26-25-20(15-27-12-5-6-13-27)28(22)19-10-3-2-4-11-19/h2-4,7-11,14,16H,5-6,12-13,15H2,1H3,(H,24,29). The number of rotatable bonds is 7. The number of carbonyl (C=O) groups excluding carboxylic acids is 1. The summed E-state index contributed by atoms with van der Waals surface area (Å²) in [4.78, 5) is 15.1. The monoisotopic (exact) mass is 441 g/mol. The van der Waals surface area contributed by atoms with Gasteiger partial charge >= 0.3 is 0 Å². The number of amides is 1. The van der Waals surface area contributed by atoms with Crippen molar-refractivity contribution in [2.24, 2.45) is 0 Å². The van der Waals surface area contributed by atoms with Crippen LogP contribution in [-0.4, -0.2) is 43.9 Å². The lowest BCUT2D eigenvalue weighted by molar-refractivity contribution is -0.115. The molecular weight excluding hydrogens is 418 g/mol. The highest BCUT2D eigenvalue weighted by molar-refractivity contribution is 8.00. The van der Waals surface area contributed by atoms with Gasteiger partial charge in [-0.05, 0) is 63.2 Å². The molecule has 1 saturated heterocycles. The molecule has 0 saturated carbocycles. The molecule has 1 aliphatic rings. The first-order valence-electron chi connectivity index (χ1n) is 10.1. The van der Waals surface area contributed by atoms with E-state index in [0.29, 0.717) is 15.9 Å². The summed E-state index contributed by atoms with van der Waals surface area (Å²) in [5.74, 6) is 0.791. The van der Waals surface area contributed by atoms with Gasteiger partial charge in [0, 0.05) is 16.4 Å². The number of aromatic nitrogens is 3. The number of anilines is 1. The van der Waals surface area contributed by atoms with Gasteiger partial charge in [0.05, 0.1) is 11.8 Å². The number of nitrogens with zero attached hydrogens (tertiary/aromatic N) is 4. The molecule has 2 aromatic carbocycles. The van der Waals surface area contributed by atoms with Crippen molar-refractivity contribution in [1.29, 1.82) is 0 Å². The van der Waals surface area contributed by atoms with Crippen molar-refractivity contribution in [3.05, 3.63) is 65.4 Å². The fraction of sp³-hybridized carbons (Fsp3) is 0.318. The predicted octanol–water partition coefficient (Wildman–Crippen LogP) is 4.64. The van der Waals surface area contributed by atoms with E-state index in [2.05, 4.69) is 25.0 Å². The molecule has 3 aromatic rings. The van der Waals surface area contributed by atoms with E-state index in [0.717, 1.165) is 31.1 Å². The summed E-state index contributed by atoms with van der Waals surface area (Å²) in [7, 11) is 0. The van der Waals surface area contributed by atoms with Crippen LogP contribution in [0.4, 0.5) is 5.69 Å². The molecule has 1 fully saturated rings. The van der Waals surface area contributed by atoms with Gasteiger partial charge < -0.3 is 5.32 Å². The Hall–Kier alpha value is -2.35. The van der Waals surface area contributed by atoms with E-state index in [-0.39, 0.29) is 11.2 Å². The maximum atomic E-state index is 12.7. The third kappa shape index (κ3) is 5.03. The summed E-state index contributed by atoms with van der Waals surface area (Å²) in [6.45, 7) is 4.80. The van der Waals surface area contributed by atoms with Gasteiger partial charge in [-0.2, -0.15) is 0 Å². The van der Waals surface area contributed by atoms with E-state index in [1.165, 1.54) is 24.6 Å². The highest BCUT2D eigenvalue weighted by Crippen LogP contribution is 2.27. The SMILES string of the molecule is CC(Sc1nnc(CN2CCCC2)n1-c1ccccc1)C(=O)Nc1cccc(Cl)c1. The van der Waals surface area contributed by atoms with E-state index in [1.54, 1.807) is 12.1 Å². The molecule has 1 amide bonds. The number of hydrogen-bond donors (Lipinski definition) is 1. The number of carbonyl (C=O) groups is 1. The van der Waals surface area contributed by atoms with Crippen LogP contribution in [0.2, 0.25) is 5.02 Å². The van der Waals surface area contributed by atoms with E-state index in [4.69, 9.17) is 11.6 Å². The quantitative estimate of drug-likeness (QED) is 0.541. The smallest absolute Gasteiger partial charge is 0.237 e. The van der Waals surface area contributed by atoms with Crippen molar-refractivity contribution in [3.8, 4) is 5.69 Å². The van der Waals surface area contributed by atoms with Gasteiger partial charge in [-0.3, -0.25) is 14.3 Å². The van der Waals surface area contributed by atoms with E-state index < -0.39 is 0 Å². The first-order chi connectivity index (χ1) is 14.6. The summed E-state index contributed by atoms with van der Waals surface area (Å²) in [5, 5.41) is 12.8. The summed E-state index contributed by atoms with van der Waals surface area (Å²) < 4.78 is 2.06. The Bertz CT molecular complexity index is 1000. The normalized spacial score (nSPS) is 15.3. The second-order valence-corrected chi connectivity index (χ2v) is 9.06. The van der Waals surface area contributed by atoms with Gasteiger partial charge in [-0.1, -0.05) is 47.6 Å². The molecule has 1 unspecified atom stereocenters. The summed E-state index contributed by atoms with van der Waals surface area (Å²) in [6.07, 6.45) is 2.45. The molecule has 30 heavy (non-hydrogen) atoms. The fourth-order valence-corrected chi connectivity index (χ4v) is 4.55. The zero-order chi connectivity index (χ0) is 20.9.